The van der Waals surface area contributed by atoms with E-state index in [1.54, 1.807) is 0 Å². The minimum absolute atomic E-state index is 0.0113. The fourth-order valence-corrected chi connectivity index (χ4v) is 3.03. The fraction of sp³-hybridized carbons (Fsp3) is 0.929. The van der Waals surface area contributed by atoms with Gasteiger partial charge in [0, 0.05) is 19.8 Å². The Morgan fingerprint density at radius 2 is 1.94 bits per heavy atom. The first-order valence-corrected chi connectivity index (χ1v) is 7.36. The summed E-state index contributed by atoms with van der Waals surface area (Å²) >= 11 is 0. The number of nitrogens with two attached hydrogens (primary N) is 1. The zero-order valence-corrected chi connectivity index (χ0v) is 11.2. The molecule has 2 aliphatic rings. The molecule has 104 valence electrons. The molecule has 1 aliphatic heterocycles. The predicted octanol–water partition coefficient (Wildman–Crippen LogP) is 1.58. The number of rotatable bonds is 5. The lowest BCUT2D eigenvalue weighted by molar-refractivity contribution is -0.129. The zero-order chi connectivity index (χ0) is 12.8. The van der Waals surface area contributed by atoms with Crippen LogP contribution in [-0.4, -0.2) is 31.2 Å². The number of carbonyl (C=O) groups excluding carboxylic acids is 1. The zero-order valence-electron chi connectivity index (χ0n) is 11.2. The summed E-state index contributed by atoms with van der Waals surface area (Å²) in [4.78, 5) is 12.0. The minimum atomic E-state index is -0.689. The third-order valence-corrected chi connectivity index (χ3v) is 4.39. The van der Waals surface area contributed by atoms with Crippen molar-refractivity contribution in [3.8, 4) is 0 Å². The van der Waals surface area contributed by atoms with Gasteiger partial charge in [-0.1, -0.05) is 25.7 Å². The van der Waals surface area contributed by atoms with Gasteiger partial charge in [0.25, 0.3) is 0 Å². The molecule has 1 saturated heterocycles. The van der Waals surface area contributed by atoms with Gasteiger partial charge >= 0.3 is 0 Å². The number of ether oxygens (including phenoxy) is 1. The largest absolute Gasteiger partial charge is 0.381 e. The van der Waals surface area contributed by atoms with E-state index in [0.29, 0.717) is 26.1 Å². The van der Waals surface area contributed by atoms with E-state index in [2.05, 4.69) is 5.32 Å². The Labute approximate surface area is 110 Å². The number of nitrogens with one attached hydrogen (secondary N) is 1. The lowest BCUT2D eigenvalue weighted by Gasteiger charge is -2.31. The molecular weight excluding hydrogens is 228 g/mol. The van der Waals surface area contributed by atoms with Gasteiger partial charge < -0.3 is 15.8 Å². The van der Waals surface area contributed by atoms with Crippen LogP contribution in [0.25, 0.3) is 0 Å². The summed E-state index contributed by atoms with van der Waals surface area (Å²) in [5, 5.41) is 3.00. The van der Waals surface area contributed by atoms with Crippen molar-refractivity contribution in [2.75, 3.05) is 19.8 Å². The molecule has 0 radical (unpaired) electrons. The lowest BCUT2D eigenvalue weighted by atomic mass is 9.90. The molecule has 4 nitrogen and oxygen atoms in total. The second-order valence-corrected chi connectivity index (χ2v) is 5.82. The third-order valence-electron chi connectivity index (χ3n) is 4.39. The van der Waals surface area contributed by atoms with Gasteiger partial charge in [0.05, 0.1) is 5.54 Å². The van der Waals surface area contributed by atoms with Gasteiger partial charge in [0.15, 0.2) is 0 Å². The van der Waals surface area contributed by atoms with E-state index in [4.69, 9.17) is 10.5 Å². The minimum Gasteiger partial charge on any atom is -0.381 e. The normalized spacial score (nSPS) is 24.1. The topological polar surface area (TPSA) is 64.4 Å². The molecule has 0 unspecified atom stereocenters. The molecule has 3 N–H and O–H groups in total. The van der Waals surface area contributed by atoms with E-state index >= 15 is 0 Å². The van der Waals surface area contributed by atoms with E-state index in [9.17, 15) is 4.79 Å². The summed E-state index contributed by atoms with van der Waals surface area (Å²) in [6.45, 7) is 1.98. The Hall–Kier alpha value is -0.610. The molecular formula is C14H26N2O2. The monoisotopic (exact) mass is 254 g/mol. The number of hydrogen-bond donors (Lipinski definition) is 2. The number of hydrogen-bond acceptors (Lipinski definition) is 3. The van der Waals surface area contributed by atoms with Crippen LogP contribution in [0.5, 0.6) is 0 Å². The van der Waals surface area contributed by atoms with Crippen LogP contribution in [0.15, 0.2) is 0 Å². The molecule has 0 aromatic carbocycles. The van der Waals surface area contributed by atoms with Crippen LogP contribution in [0.4, 0.5) is 0 Å². The van der Waals surface area contributed by atoms with Crippen molar-refractivity contribution in [3.05, 3.63) is 0 Å². The Morgan fingerprint density at radius 1 is 1.28 bits per heavy atom. The maximum Gasteiger partial charge on any atom is 0.240 e. The summed E-state index contributed by atoms with van der Waals surface area (Å²) in [6.07, 6.45) is 9.16. The molecule has 4 heteroatoms. The highest BCUT2D eigenvalue weighted by atomic mass is 16.5. The molecule has 0 aromatic heterocycles. The van der Waals surface area contributed by atoms with Crippen molar-refractivity contribution < 1.29 is 9.53 Å². The van der Waals surface area contributed by atoms with Crippen LogP contribution >= 0.6 is 0 Å². The molecule has 1 saturated carbocycles. The average Bonchev–Trinajstić information content (AvgIpc) is 2.88. The summed E-state index contributed by atoms with van der Waals surface area (Å²) in [5.41, 5.74) is 5.43. The predicted molar refractivity (Wildman–Crippen MR) is 71.2 cm³/mol. The van der Waals surface area contributed by atoms with Gasteiger partial charge in [-0.05, 0) is 31.6 Å². The fourth-order valence-electron chi connectivity index (χ4n) is 3.03. The molecule has 1 heterocycles. The van der Waals surface area contributed by atoms with Crippen molar-refractivity contribution in [3.63, 3.8) is 0 Å². The van der Waals surface area contributed by atoms with Crippen LogP contribution in [-0.2, 0) is 9.53 Å². The van der Waals surface area contributed by atoms with Gasteiger partial charge in [-0.2, -0.15) is 0 Å². The van der Waals surface area contributed by atoms with Crippen molar-refractivity contribution in [2.24, 2.45) is 11.7 Å². The smallest absolute Gasteiger partial charge is 0.240 e. The average molecular weight is 254 g/mol. The van der Waals surface area contributed by atoms with E-state index in [0.717, 1.165) is 18.9 Å². The lowest BCUT2D eigenvalue weighted by Crippen LogP contribution is -2.57. The first-order valence-electron chi connectivity index (χ1n) is 7.36. The van der Waals surface area contributed by atoms with Crippen LogP contribution in [0, 0.1) is 5.92 Å². The third kappa shape index (κ3) is 3.69. The Kier molecular flexibility index (Phi) is 5.01. The molecule has 0 aromatic rings. The standard InChI is InChI=1S/C14H26N2O2/c15-14(7-10-18-11-8-14)13(17)16-9-3-6-12-4-1-2-5-12/h12H,1-11,15H2,(H,16,17). The highest BCUT2D eigenvalue weighted by Crippen LogP contribution is 2.28. The number of amides is 1. The second kappa shape index (κ2) is 6.53. The molecule has 0 bridgehead atoms. The van der Waals surface area contributed by atoms with E-state index in [1.807, 2.05) is 0 Å². The molecule has 1 amide bonds. The van der Waals surface area contributed by atoms with Crippen molar-refractivity contribution >= 4 is 5.91 Å². The maximum atomic E-state index is 12.0. The maximum absolute atomic E-state index is 12.0. The SMILES string of the molecule is NC1(C(=O)NCCCC2CCCC2)CCOCC1. The van der Waals surface area contributed by atoms with Crippen LogP contribution in [0.2, 0.25) is 0 Å². The van der Waals surface area contributed by atoms with Gasteiger partial charge in [0.1, 0.15) is 0 Å². The van der Waals surface area contributed by atoms with Crippen LogP contribution in [0.3, 0.4) is 0 Å². The van der Waals surface area contributed by atoms with Crippen LogP contribution in [0.1, 0.15) is 51.4 Å². The summed E-state index contributed by atoms with van der Waals surface area (Å²) in [7, 11) is 0. The molecule has 2 fully saturated rings. The van der Waals surface area contributed by atoms with Gasteiger partial charge in [-0.3, -0.25) is 4.79 Å². The molecule has 1 aliphatic carbocycles. The van der Waals surface area contributed by atoms with Gasteiger partial charge in [-0.25, -0.2) is 0 Å². The van der Waals surface area contributed by atoms with Crippen molar-refractivity contribution in [2.45, 2.75) is 56.9 Å². The van der Waals surface area contributed by atoms with Gasteiger partial charge in [-0.15, -0.1) is 0 Å². The van der Waals surface area contributed by atoms with Crippen molar-refractivity contribution in [1.29, 1.82) is 0 Å². The highest BCUT2D eigenvalue weighted by molar-refractivity contribution is 5.86. The van der Waals surface area contributed by atoms with Crippen LogP contribution < -0.4 is 11.1 Å². The summed E-state index contributed by atoms with van der Waals surface area (Å²) < 4.78 is 5.25. The van der Waals surface area contributed by atoms with E-state index in [1.165, 1.54) is 32.1 Å². The first-order chi connectivity index (χ1) is 8.71. The summed E-state index contributed by atoms with van der Waals surface area (Å²) in [6, 6.07) is 0. The van der Waals surface area contributed by atoms with Crippen molar-refractivity contribution in [1.82, 2.24) is 5.32 Å². The Bertz CT molecular complexity index is 269. The second-order valence-electron chi connectivity index (χ2n) is 5.82. The molecule has 2 rings (SSSR count). The molecule has 18 heavy (non-hydrogen) atoms. The summed E-state index contributed by atoms with van der Waals surface area (Å²) in [5.74, 6) is 0.911. The number of carbonyl (C=O) groups is 1. The highest BCUT2D eigenvalue weighted by Gasteiger charge is 2.35. The quantitative estimate of drug-likeness (QED) is 0.732. The van der Waals surface area contributed by atoms with E-state index in [-0.39, 0.29) is 5.91 Å². The Balaban J connectivity index is 1.61. The first kappa shape index (κ1) is 13.8. The van der Waals surface area contributed by atoms with E-state index < -0.39 is 5.54 Å². The molecule has 0 atom stereocenters. The Morgan fingerprint density at radius 3 is 2.61 bits per heavy atom. The van der Waals surface area contributed by atoms with Gasteiger partial charge in [0.2, 0.25) is 5.91 Å². The molecule has 0 spiro atoms.